The summed E-state index contributed by atoms with van der Waals surface area (Å²) >= 11 is 1.85. The molecule has 0 atom stereocenters. The molecule has 2 aromatic rings. The van der Waals surface area contributed by atoms with Gasteiger partial charge in [0.15, 0.2) is 0 Å². The molecule has 0 unspecified atom stereocenters. The van der Waals surface area contributed by atoms with Crippen LogP contribution in [0.4, 0.5) is 0 Å². The third-order valence-electron chi connectivity index (χ3n) is 2.08. The fraction of sp³-hybridized carbons (Fsp3) is 0.273. The fourth-order valence-electron chi connectivity index (χ4n) is 1.52. The van der Waals surface area contributed by atoms with E-state index in [1.54, 1.807) is 0 Å². The number of rotatable bonds is 2. The highest BCUT2D eigenvalue weighted by Gasteiger charge is 1.99. The SMILES string of the molecule is CCCc1cccc2ccsc12. The molecule has 0 spiro atoms. The molecule has 2 rings (SSSR count). The van der Waals surface area contributed by atoms with Crippen LogP contribution in [0.5, 0.6) is 0 Å². The Morgan fingerprint density at radius 2 is 2.17 bits per heavy atom. The van der Waals surface area contributed by atoms with Crippen LogP contribution in [0.25, 0.3) is 10.1 Å². The van der Waals surface area contributed by atoms with Crippen LogP contribution in [0.2, 0.25) is 0 Å². The first-order chi connectivity index (χ1) is 5.92. The Morgan fingerprint density at radius 1 is 1.25 bits per heavy atom. The normalized spacial score (nSPS) is 10.8. The lowest BCUT2D eigenvalue weighted by molar-refractivity contribution is 0.931. The molecule has 0 aliphatic heterocycles. The first-order valence-electron chi connectivity index (χ1n) is 4.37. The summed E-state index contributed by atoms with van der Waals surface area (Å²) in [6.07, 6.45) is 2.44. The van der Waals surface area contributed by atoms with Gasteiger partial charge in [-0.15, -0.1) is 11.3 Å². The van der Waals surface area contributed by atoms with Crippen molar-refractivity contribution >= 4 is 21.4 Å². The highest BCUT2D eigenvalue weighted by Crippen LogP contribution is 2.25. The molecule has 1 aromatic heterocycles. The van der Waals surface area contributed by atoms with Crippen LogP contribution in [-0.2, 0) is 6.42 Å². The molecule has 0 nitrogen and oxygen atoms in total. The van der Waals surface area contributed by atoms with Gasteiger partial charge in [0.1, 0.15) is 0 Å². The Bertz CT molecular complexity index is 373. The van der Waals surface area contributed by atoms with Crippen molar-refractivity contribution in [3.8, 4) is 0 Å². The lowest BCUT2D eigenvalue weighted by Crippen LogP contribution is -1.81. The summed E-state index contributed by atoms with van der Waals surface area (Å²) in [5.41, 5.74) is 1.50. The molecule has 0 saturated carbocycles. The van der Waals surface area contributed by atoms with Crippen LogP contribution in [-0.4, -0.2) is 0 Å². The summed E-state index contributed by atoms with van der Waals surface area (Å²) in [6, 6.07) is 8.77. The lowest BCUT2D eigenvalue weighted by atomic mass is 10.1. The number of hydrogen-bond acceptors (Lipinski definition) is 1. The zero-order valence-corrected chi connectivity index (χ0v) is 8.03. The second-order valence-electron chi connectivity index (χ2n) is 3.01. The summed E-state index contributed by atoms with van der Waals surface area (Å²) < 4.78 is 1.47. The summed E-state index contributed by atoms with van der Waals surface area (Å²) in [5, 5.41) is 3.56. The highest BCUT2D eigenvalue weighted by molar-refractivity contribution is 7.17. The predicted octanol–water partition coefficient (Wildman–Crippen LogP) is 3.85. The van der Waals surface area contributed by atoms with Crippen molar-refractivity contribution in [1.29, 1.82) is 0 Å². The zero-order chi connectivity index (χ0) is 8.39. The number of benzene rings is 1. The van der Waals surface area contributed by atoms with Crippen molar-refractivity contribution in [3.63, 3.8) is 0 Å². The van der Waals surface area contributed by atoms with Gasteiger partial charge in [0.25, 0.3) is 0 Å². The third kappa shape index (κ3) is 1.25. The maximum absolute atomic E-state index is 2.24. The van der Waals surface area contributed by atoms with E-state index in [1.165, 1.54) is 28.5 Å². The number of aryl methyl sites for hydroxylation is 1. The van der Waals surface area contributed by atoms with Crippen molar-refractivity contribution in [2.45, 2.75) is 19.8 Å². The third-order valence-corrected chi connectivity index (χ3v) is 3.09. The topological polar surface area (TPSA) is 0 Å². The summed E-state index contributed by atoms with van der Waals surface area (Å²) in [6.45, 7) is 2.23. The molecular weight excluding hydrogens is 164 g/mol. The molecule has 12 heavy (non-hydrogen) atoms. The van der Waals surface area contributed by atoms with Gasteiger partial charge in [-0.25, -0.2) is 0 Å². The minimum absolute atomic E-state index is 1.21. The van der Waals surface area contributed by atoms with E-state index >= 15 is 0 Å². The quantitative estimate of drug-likeness (QED) is 0.652. The maximum atomic E-state index is 2.24. The molecule has 0 amide bonds. The van der Waals surface area contributed by atoms with Crippen LogP contribution >= 0.6 is 11.3 Å². The molecule has 1 aromatic carbocycles. The average molecular weight is 176 g/mol. The minimum atomic E-state index is 1.21. The minimum Gasteiger partial charge on any atom is -0.144 e. The smallest absolute Gasteiger partial charge is 0.0374 e. The van der Waals surface area contributed by atoms with E-state index in [0.29, 0.717) is 0 Å². The van der Waals surface area contributed by atoms with E-state index < -0.39 is 0 Å². The Kier molecular flexibility index (Phi) is 2.13. The van der Waals surface area contributed by atoms with Crippen molar-refractivity contribution in [2.24, 2.45) is 0 Å². The van der Waals surface area contributed by atoms with E-state index in [0.717, 1.165) is 0 Å². The molecule has 0 saturated heterocycles. The van der Waals surface area contributed by atoms with Crippen molar-refractivity contribution in [3.05, 3.63) is 35.2 Å². The molecule has 62 valence electrons. The molecule has 0 aliphatic rings. The van der Waals surface area contributed by atoms with Gasteiger partial charge in [-0.05, 0) is 28.8 Å². The molecule has 0 aliphatic carbocycles. The largest absolute Gasteiger partial charge is 0.144 e. The molecule has 0 bridgehead atoms. The zero-order valence-electron chi connectivity index (χ0n) is 7.21. The number of fused-ring (bicyclic) bond motifs is 1. The summed E-state index contributed by atoms with van der Waals surface area (Å²) in [5.74, 6) is 0. The highest BCUT2D eigenvalue weighted by atomic mass is 32.1. The summed E-state index contributed by atoms with van der Waals surface area (Å²) in [4.78, 5) is 0. The van der Waals surface area contributed by atoms with Crippen LogP contribution in [0.15, 0.2) is 29.6 Å². The van der Waals surface area contributed by atoms with Gasteiger partial charge < -0.3 is 0 Å². The molecule has 1 heteroatoms. The van der Waals surface area contributed by atoms with Gasteiger partial charge in [0, 0.05) is 4.70 Å². The van der Waals surface area contributed by atoms with Crippen LogP contribution in [0, 0.1) is 0 Å². The van der Waals surface area contributed by atoms with E-state index in [4.69, 9.17) is 0 Å². The second-order valence-corrected chi connectivity index (χ2v) is 3.92. The van der Waals surface area contributed by atoms with Crippen LogP contribution in [0.1, 0.15) is 18.9 Å². The van der Waals surface area contributed by atoms with Crippen LogP contribution < -0.4 is 0 Å². The van der Waals surface area contributed by atoms with Gasteiger partial charge in [-0.3, -0.25) is 0 Å². The van der Waals surface area contributed by atoms with Crippen molar-refractivity contribution < 1.29 is 0 Å². The van der Waals surface area contributed by atoms with Crippen molar-refractivity contribution in [2.75, 3.05) is 0 Å². The number of hydrogen-bond donors (Lipinski definition) is 0. The molecular formula is C11H12S. The van der Waals surface area contributed by atoms with E-state index in [-0.39, 0.29) is 0 Å². The van der Waals surface area contributed by atoms with Gasteiger partial charge >= 0.3 is 0 Å². The predicted molar refractivity (Wildman–Crippen MR) is 55.8 cm³/mol. The Morgan fingerprint density at radius 3 is 3.00 bits per heavy atom. The second kappa shape index (κ2) is 3.28. The monoisotopic (exact) mass is 176 g/mol. The van der Waals surface area contributed by atoms with Gasteiger partial charge in [0.05, 0.1) is 0 Å². The van der Waals surface area contributed by atoms with Gasteiger partial charge in [0.2, 0.25) is 0 Å². The van der Waals surface area contributed by atoms with Crippen LogP contribution in [0.3, 0.4) is 0 Å². The average Bonchev–Trinajstić information content (AvgIpc) is 2.53. The first-order valence-corrected chi connectivity index (χ1v) is 5.25. The standard InChI is InChI=1S/C11H12S/c1-2-4-9-5-3-6-10-7-8-12-11(9)10/h3,5-8H,2,4H2,1H3. The Hall–Kier alpha value is -0.820. The molecule has 0 radical (unpaired) electrons. The van der Waals surface area contributed by atoms with E-state index in [2.05, 4.69) is 36.6 Å². The van der Waals surface area contributed by atoms with Crippen molar-refractivity contribution in [1.82, 2.24) is 0 Å². The lowest BCUT2D eigenvalue weighted by Gasteiger charge is -1.99. The molecule has 1 heterocycles. The maximum Gasteiger partial charge on any atom is 0.0374 e. The van der Waals surface area contributed by atoms with Gasteiger partial charge in [-0.1, -0.05) is 31.5 Å². The van der Waals surface area contributed by atoms with E-state index in [9.17, 15) is 0 Å². The number of thiophene rings is 1. The first kappa shape index (κ1) is 7.81. The molecule has 0 fully saturated rings. The fourth-order valence-corrected chi connectivity index (χ4v) is 2.47. The molecule has 0 N–H and O–H groups in total. The van der Waals surface area contributed by atoms with E-state index in [1.807, 2.05) is 11.3 Å². The Balaban J connectivity index is 2.57. The summed E-state index contributed by atoms with van der Waals surface area (Å²) in [7, 11) is 0. The Labute approximate surface area is 76.8 Å². The van der Waals surface area contributed by atoms with Gasteiger partial charge in [-0.2, -0.15) is 0 Å².